The Bertz CT molecular complexity index is 124. The van der Waals surface area contributed by atoms with E-state index in [1.54, 1.807) is 0 Å². The molecule has 2 N–H and O–H groups in total. The molecule has 0 bridgehead atoms. The Morgan fingerprint density at radius 1 is 0.933 bits per heavy atom. The molecule has 0 aliphatic rings. The Morgan fingerprint density at radius 3 is 1.60 bits per heavy atom. The first-order valence-corrected chi connectivity index (χ1v) is 10.1. The third-order valence-electron chi connectivity index (χ3n) is 1.78. The summed E-state index contributed by atoms with van der Waals surface area (Å²) >= 11 is -3.17. The molecule has 0 saturated heterocycles. The molecule has 0 heterocycles. The van der Waals surface area contributed by atoms with Crippen molar-refractivity contribution >= 4 is 11.0 Å². The van der Waals surface area contributed by atoms with Crippen molar-refractivity contribution in [3.63, 3.8) is 0 Å². The van der Waals surface area contributed by atoms with E-state index in [0.29, 0.717) is 26.4 Å². The fraction of sp³-hybridized carbons (Fsp3) is 1.00. The molecule has 6 heteroatoms. The molecule has 0 aromatic heterocycles. The molecule has 0 aliphatic heterocycles. The second-order valence-electron chi connectivity index (χ2n) is 2.87. The van der Waals surface area contributed by atoms with Crippen LogP contribution in [0.1, 0.15) is 27.2 Å². The smallest absolute Gasteiger partial charge is 0.0149 e. The van der Waals surface area contributed by atoms with Gasteiger partial charge in [0, 0.05) is 0 Å². The van der Waals surface area contributed by atoms with Crippen molar-refractivity contribution in [2.45, 2.75) is 31.3 Å². The maximum Gasteiger partial charge on any atom is -0.0149 e. The van der Waals surface area contributed by atoms with Gasteiger partial charge in [0.05, 0.1) is 0 Å². The van der Waals surface area contributed by atoms with Gasteiger partial charge in [0.15, 0.2) is 0 Å². The predicted molar refractivity (Wildman–Crippen MR) is 64.7 cm³/mol. The zero-order valence-electron chi connectivity index (χ0n) is 9.54. The molecular formula is C9H27NO3SiZr. The predicted octanol–water partition coefficient (Wildman–Crippen LogP) is 0.310. The van der Waals surface area contributed by atoms with Gasteiger partial charge < -0.3 is 0 Å². The summed E-state index contributed by atoms with van der Waals surface area (Å²) in [5.41, 5.74) is 5.49. The van der Waals surface area contributed by atoms with Crippen molar-refractivity contribution in [2.75, 3.05) is 26.4 Å². The van der Waals surface area contributed by atoms with Crippen molar-refractivity contribution in [1.29, 1.82) is 0 Å². The van der Waals surface area contributed by atoms with Crippen molar-refractivity contribution < 1.29 is 30.0 Å². The van der Waals surface area contributed by atoms with Gasteiger partial charge in [0.1, 0.15) is 0 Å². The van der Waals surface area contributed by atoms with Crippen LogP contribution in [-0.4, -0.2) is 37.3 Å². The maximum atomic E-state index is 5.72. The SMILES string of the molecule is CC[O][Zr]([CH2]CCN)([O]CC)[O]CC.[SiH4]. The van der Waals surface area contributed by atoms with Gasteiger partial charge in [-0.1, -0.05) is 0 Å². The second-order valence-corrected chi connectivity index (χ2v) is 9.59. The van der Waals surface area contributed by atoms with Crippen LogP contribution in [0.25, 0.3) is 0 Å². The fourth-order valence-corrected chi connectivity index (χ4v) is 7.81. The van der Waals surface area contributed by atoms with Crippen LogP contribution in [0.15, 0.2) is 0 Å². The Labute approximate surface area is 104 Å². The van der Waals surface area contributed by atoms with E-state index in [1.165, 1.54) is 0 Å². The van der Waals surface area contributed by atoms with Gasteiger partial charge in [-0.3, -0.25) is 0 Å². The molecule has 0 aliphatic carbocycles. The van der Waals surface area contributed by atoms with E-state index in [0.717, 1.165) is 10.5 Å². The first kappa shape index (κ1) is 18.3. The molecule has 0 spiro atoms. The first-order valence-electron chi connectivity index (χ1n) is 5.36. The van der Waals surface area contributed by atoms with Gasteiger partial charge in [-0.05, 0) is 11.0 Å². The van der Waals surface area contributed by atoms with Gasteiger partial charge in [-0.15, -0.1) is 0 Å². The van der Waals surface area contributed by atoms with E-state index in [4.69, 9.17) is 14.2 Å². The zero-order valence-corrected chi connectivity index (χ0v) is 12.0. The van der Waals surface area contributed by atoms with Crippen molar-refractivity contribution in [3.05, 3.63) is 0 Å². The summed E-state index contributed by atoms with van der Waals surface area (Å²) in [4.78, 5) is 0. The summed E-state index contributed by atoms with van der Waals surface area (Å²) in [7, 11) is 0. The number of hydrogen-bond donors (Lipinski definition) is 1. The molecule has 0 unspecified atom stereocenters. The van der Waals surface area contributed by atoms with Gasteiger partial charge in [-0.2, -0.15) is 0 Å². The second kappa shape index (κ2) is 11.4. The standard InChI is InChI=1S/C3H8N.3C2H5O.H4Si.Zr/c1-2-3-4;3*1-2-3;;/h1-4H2;3*2H2,1H3;1H4;/q;3*-1;;+3. The number of nitrogens with two attached hydrogens (primary N) is 1. The van der Waals surface area contributed by atoms with Crippen LogP contribution < -0.4 is 5.73 Å². The summed E-state index contributed by atoms with van der Waals surface area (Å²) in [6.07, 6.45) is 0.927. The van der Waals surface area contributed by atoms with Crippen LogP contribution in [0.2, 0.25) is 4.13 Å². The van der Waals surface area contributed by atoms with Crippen LogP contribution in [0.3, 0.4) is 0 Å². The Morgan fingerprint density at radius 2 is 1.33 bits per heavy atom. The van der Waals surface area contributed by atoms with Gasteiger partial charge >= 0.3 is 93.4 Å². The average Bonchev–Trinajstić information content (AvgIpc) is 2.16. The average molecular weight is 317 g/mol. The summed E-state index contributed by atoms with van der Waals surface area (Å²) in [5, 5.41) is 0. The van der Waals surface area contributed by atoms with Crippen LogP contribution in [0.5, 0.6) is 0 Å². The van der Waals surface area contributed by atoms with Crippen LogP contribution in [0, 0.1) is 0 Å². The molecule has 0 aromatic carbocycles. The Hall–Kier alpha value is 0.940. The minimum Gasteiger partial charge on any atom is -0.0149 e. The third kappa shape index (κ3) is 7.77. The first-order chi connectivity index (χ1) is 6.74. The molecule has 0 rings (SSSR count). The number of rotatable bonds is 9. The quantitative estimate of drug-likeness (QED) is 0.622. The van der Waals surface area contributed by atoms with E-state index in [9.17, 15) is 0 Å². The molecule has 4 nitrogen and oxygen atoms in total. The molecule has 0 radical (unpaired) electrons. The molecule has 0 atom stereocenters. The van der Waals surface area contributed by atoms with E-state index < -0.39 is 21.6 Å². The summed E-state index contributed by atoms with van der Waals surface area (Å²) in [5.74, 6) is 0. The van der Waals surface area contributed by atoms with Gasteiger partial charge in [0.25, 0.3) is 0 Å². The molecular weight excluding hydrogens is 289 g/mol. The molecule has 0 saturated carbocycles. The largest absolute Gasteiger partial charge is 0.0149 e. The molecule has 94 valence electrons. The fourth-order valence-electron chi connectivity index (χ4n) is 1.32. The van der Waals surface area contributed by atoms with Crippen LogP contribution in [-0.2, 0) is 30.0 Å². The zero-order chi connectivity index (χ0) is 10.9. The monoisotopic (exact) mass is 315 g/mol. The number of hydrogen-bond acceptors (Lipinski definition) is 4. The Kier molecular flexibility index (Phi) is 13.9. The molecule has 0 amide bonds. The van der Waals surface area contributed by atoms with Crippen LogP contribution in [0.4, 0.5) is 0 Å². The molecule has 0 fully saturated rings. The van der Waals surface area contributed by atoms with E-state index in [1.807, 2.05) is 20.8 Å². The minimum atomic E-state index is -3.17. The summed E-state index contributed by atoms with van der Waals surface area (Å²) < 4.78 is 18.1. The minimum absolute atomic E-state index is 0. The third-order valence-corrected chi connectivity index (χ3v) is 9.53. The van der Waals surface area contributed by atoms with E-state index in [2.05, 4.69) is 0 Å². The topological polar surface area (TPSA) is 53.7 Å². The van der Waals surface area contributed by atoms with E-state index in [-0.39, 0.29) is 11.0 Å². The van der Waals surface area contributed by atoms with Crippen LogP contribution >= 0.6 is 0 Å². The Balaban J connectivity index is 0. The maximum absolute atomic E-state index is 5.72. The normalized spacial score (nSPS) is 11.2. The van der Waals surface area contributed by atoms with Gasteiger partial charge in [0.2, 0.25) is 0 Å². The molecule has 15 heavy (non-hydrogen) atoms. The van der Waals surface area contributed by atoms with Crippen molar-refractivity contribution in [1.82, 2.24) is 0 Å². The van der Waals surface area contributed by atoms with Crippen molar-refractivity contribution in [3.8, 4) is 0 Å². The van der Waals surface area contributed by atoms with Crippen molar-refractivity contribution in [2.24, 2.45) is 5.73 Å². The van der Waals surface area contributed by atoms with Gasteiger partial charge in [-0.25, -0.2) is 0 Å². The summed E-state index contributed by atoms with van der Waals surface area (Å²) in [6.45, 7) is 8.61. The molecule has 0 aromatic rings. The summed E-state index contributed by atoms with van der Waals surface area (Å²) in [6, 6.07) is 0. The van der Waals surface area contributed by atoms with E-state index >= 15 is 0 Å².